The van der Waals surface area contributed by atoms with Crippen molar-refractivity contribution < 1.29 is 9.47 Å². The summed E-state index contributed by atoms with van der Waals surface area (Å²) >= 11 is 0. The van der Waals surface area contributed by atoms with Crippen molar-refractivity contribution in [2.24, 2.45) is 0 Å². The molecule has 1 unspecified atom stereocenters. The van der Waals surface area contributed by atoms with Crippen molar-refractivity contribution in [1.82, 2.24) is 9.88 Å². The van der Waals surface area contributed by atoms with Gasteiger partial charge in [-0.25, -0.2) is 0 Å². The number of hydrogen-bond donors (Lipinski definition) is 0. The van der Waals surface area contributed by atoms with Crippen LogP contribution in [0.15, 0.2) is 60.8 Å². The van der Waals surface area contributed by atoms with Crippen LogP contribution in [0.3, 0.4) is 0 Å². The van der Waals surface area contributed by atoms with E-state index in [4.69, 9.17) is 9.47 Å². The molecule has 1 aliphatic carbocycles. The van der Waals surface area contributed by atoms with E-state index < -0.39 is 5.54 Å². The Bertz CT molecular complexity index is 1260. The van der Waals surface area contributed by atoms with Crippen molar-refractivity contribution in [2.75, 3.05) is 20.2 Å². The smallest absolute Gasteiger partial charge is 0.166 e. The lowest BCUT2D eigenvalue weighted by Crippen LogP contribution is -2.52. The van der Waals surface area contributed by atoms with Gasteiger partial charge in [-0.15, -0.1) is 0 Å². The summed E-state index contributed by atoms with van der Waals surface area (Å²) in [6.07, 6.45) is 6.22. The average Bonchev–Trinajstić information content (AvgIpc) is 3.15. The Labute approximate surface area is 194 Å². The van der Waals surface area contributed by atoms with E-state index in [9.17, 15) is 5.26 Å². The van der Waals surface area contributed by atoms with Gasteiger partial charge in [0.2, 0.25) is 0 Å². The summed E-state index contributed by atoms with van der Waals surface area (Å²) in [7, 11) is 1.66. The number of pyridine rings is 1. The zero-order chi connectivity index (χ0) is 22.5. The Morgan fingerprint density at radius 3 is 2.64 bits per heavy atom. The van der Waals surface area contributed by atoms with Crippen molar-refractivity contribution >= 4 is 0 Å². The lowest BCUT2D eigenvalue weighted by Gasteiger charge is -2.47. The van der Waals surface area contributed by atoms with Crippen LogP contribution >= 0.6 is 0 Å². The Morgan fingerprint density at radius 1 is 1.00 bits per heavy atom. The molecule has 0 amide bonds. The SMILES string of the molecule is COc1ccc2c(c1)C(C#N)(N1CCC3(CCc4ccccc43)CC1)c1cccnc1CO2. The van der Waals surface area contributed by atoms with Crippen molar-refractivity contribution in [3.05, 3.63) is 88.7 Å². The maximum Gasteiger partial charge on any atom is 0.166 e. The molecule has 2 aliphatic heterocycles. The Morgan fingerprint density at radius 2 is 1.82 bits per heavy atom. The van der Waals surface area contributed by atoms with Gasteiger partial charge < -0.3 is 9.47 Å². The number of likely N-dealkylation sites (tertiary alicyclic amines) is 1. The molecular formula is C28H27N3O2. The summed E-state index contributed by atoms with van der Waals surface area (Å²) in [5.74, 6) is 1.45. The van der Waals surface area contributed by atoms with Gasteiger partial charge in [-0.05, 0) is 66.5 Å². The van der Waals surface area contributed by atoms with Crippen LogP contribution in [-0.2, 0) is 24.0 Å². The first-order chi connectivity index (χ1) is 16.2. The second-order valence-electron chi connectivity index (χ2n) is 9.40. The number of benzene rings is 2. The minimum Gasteiger partial charge on any atom is -0.497 e. The molecule has 0 bridgehead atoms. The number of fused-ring (bicyclic) bond motifs is 4. The zero-order valence-corrected chi connectivity index (χ0v) is 18.9. The molecule has 0 N–H and O–H groups in total. The molecule has 3 aliphatic rings. The van der Waals surface area contributed by atoms with Crippen LogP contribution in [0.1, 0.15) is 47.2 Å². The predicted octanol–water partition coefficient (Wildman–Crippen LogP) is 4.73. The number of nitrogens with zero attached hydrogens (tertiary/aromatic N) is 3. The van der Waals surface area contributed by atoms with E-state index in [1.54, 1.807) is 13.3 Å². The third-order valence-electron chi connectivity index (χ3n) is 8.04. The molecule has 0 radical (unpaired) electrons. The Kier molecular flexibility index (Phi) is 4.67. The number of nitriles is 1. The van der Waals surface area contributed by atoms with Crippen molar-refractivity contribution in [2.45, 2.75) is 43.2 Å². The van der Waals surface area contributed by atoms with Crippen LogP contribution in [0.5, 0.6) is 11.5 Å². The number of piperidine rings is 1. The number of aryl methyl sites for hydroxylation is 1. The summed E-state index contributed by atoms with van der Waals surface area (Å²) in [4.78, 5) is 6.96. The largest absolute Gasteiger partial charge is 0.497 e. The summed E-state index contributed by atoms with van der Waals surface area (Å²) in [5, 5.41) is 10.9. The lowest BCUT2D eigenvalue weighted by atomic mass is 9.71. The highest BCUT2D eigenvalue weighted by atomic mass is 16.5. The first-order valence-electron chi connectivity index (χ1n) is 11.7. The quantitative estimate of drug-likeness (QED) is 0.580. The van der Waals surface area contributed by atoms with Gasteiger partial charge >= 0.3 is 0 Å². The van der Waals surface area contributed by atoms with E-state index in [-0.39, 0.29) is 5.41 Å². The molecule has 5 nitrogen and oxygen atoms in total. The monoisotopic (exact) mass is 437 g/mol. The number of rotatable bonds is 2. The summed E-state index contributed by atoms with van der Waals surface area (Å²) < 4.78 is 11.7. The highest BCUT2D eigenvalue weighted by molar-refractivity contribution is 5.56. The molecule has 3 aromatic rings. The molecule has 2 aromatic carbocycles. The van der Waals surface area contributed by atoms with Gasteiger partial charge in [-0.2, -0.15) is 5.26 Å². The van der Waals surface area contributed by atoms with Crippen LogP contribution < -0.4 is 9.47 Å². The van der Waals surface area contributed by atoms with Gasteiger partial charge in [0.25, 0.3) is 0 Å². The molecular weight excluding hydrogens is 410 g/mol. The second kappa shape index (κ2) is 7.60. The molecule has 1 fully saturated rings. The fourth-order valence-electron chi connectivity index (χ4n) is 6.30. The van der Waals surface area contributed by atoms with Gasteiger partial charge in [0, 0.05) is 30.4 Å². The fraction of sp³-hybridized carbons (Fsp3) is 0.357. The highest BCUT2D eigenvalue weighted by Gasteiger charge is 2.50. The molecule has 5 heteroatoms. The average molecular weight is 438 g/mol. The third-order valence-corrected chi connectivity index (χ3v) is 8.04. The minimum atomic E-state index is -0.969. The maximum atomic E-state index is 10.9. The van der Waals surface area contributed by atoms with E-state index in [1.165, 1.54) is 17.5 Å². The molecule has 1 spiro atoms. The Balaban J connectivity index is 1.46. The lowest BCUT2D eigenvalue weighted by molar-refractivity contribution is 0.0946. The first-order valence-corrected chi connectivity index (χ1v) is 11.7. The summed E-state index contributed by atoms with van der Waals surface area (Å²) in [5.41, 5.74) is 4.85. The molecule has 33 heavy (non-hydrogen) atoms. The topological polar surface area (TPSA) is 58.4 Å². The van der Waals surface area contributed by atoms with Crippen LogP contribution in [0.25, 0.3) is 0 Å². The number of aromatic nitrogens is 1. The molecule has 166 valence electrons. The standard InChI is InChI=1S/C28H27N3O2/c1-32-21-8-9-26-24(17-21)28(19-29,23-7-4-14-30-25(23)18-33-26)31-15-12-27(13-16-31)11-10-20-5-2-3-6-22(20)27/h2-9,14,17H,10-13,15-16,18H2,1H3. The predicted molar refractivity (Wildman–Crippen MR) is 125 cm³/mol. The van der Waals surface area contributed by atoms with Gasteiger partial charge in [0.1, 0.15) is 18.1 Å². The maximum absolute atomic E-state index is 10.9. The van der Waals surface area contributed by atoms with Crippen LogP contribution in [0.2, 0.25) is 0 Å². The number of hydrogen-bond acceptors (Lipinski definition) is 5. The van der Waals surface area contributed by atoms with Crippen LogP contribution in [0.4, 0.5) is 0 Å². The van der Waals surface area contributed by atoms with Crippen LogP contribution in [0, 0.1) is 11.3 Å². The van der Waals surface area contributed by atoms with E-state index in [2.05, 4.69) is 40.2 Å². The van der Waals surface area contributed by atoms with Gasteiger partial charge in [0.15, 0.2) is 5.54 Å². The number of ether oxygens (including phenoxy) is 2. The van der Waals surface area contributed by atoms with E-state index in [1.807, 2.05) is 30.3 Å². The van der Waals surface area contributed by atoms with Crippen molar-refractivity contribution in [1.29, 1.82) is 5.26 Å². The molecule has 1 atom stereocenters. The van der Waals surface area contributed by atoms with E-state index in [0.717, 1.165) is 60.7 Å². The Hall–Kier alpha value is -3.36. The molecule has 0 saturated carbocycles. The third kappa shape index (κ3) is 2.91. The molecule has 1 saturated heterocycles. The van der Waals surface area contributed by atoms with Crippen molar-refractivity contribution in [3.8, 4) is 17.6 Å². The van der Waals surface area contributed by atoms with Gasteiger partial charge in [-0.3, -0.25) is 9.88 Å². The number of methoxy groups -OCH3 is 1. The van der Waals surface area contributed by atoms with E-state index >= 15 is 0 Å². The molecule has 3 heterocycles. The minimum absolute atomic E-state index is 0.222. The fourth-order valence-corrected chi connectivity index (χ4v) is 6.30. The summed E-state index contributed by atoms with van der Waals surface area (Å²) in [6, 6.07) is 21.4. The van der Waals surface area contributed by atoms with Crippen molar-refractivity contribution in [3.63, 3.8) is 0 Å². The van der Waals surface area contributed by atoms with Crippen LogP contribution in [-0.4, -0.2) is 30.1 Å². The zero-order valence-electron chi connectivity index (χ0n) is 18.9. The molecule has 1 aromatic heterocycles. The molecule has 6 rings (SSSR count). The van der Waals surface area contributed by atoms with E-state index in [0.29, 0.717) is 6.61 Å². The highest BCUT2D eigenvalue weighted by Crippen LogP contribution is 2.51. The second-order valence-corrected chi connectivity index (χ2v) is 9.40. The summed E-state index contributed by atoms with van der Waals surface area (Å²) in [6.45, 7) is 2.03. The first kappa shape index (κ1) is 20.3. The normalized spacial score (nSPS) is 22.9. The van der Waals surface area contributed by atoms with Gasteiger partial charge in [-0.1, -0.05) is 30.3 Å². The van der Waals surface area contributed by atoms with Gasteiger partial charge in [0.05, 0.1) is 18.9 Å².